The molecule has 0 amide bonds. The van der Waals surface area contributed by atoms with Crippen molar-refractivity contribution in [3.05, 3.63) is 53.9 Å². The maximum absolute atomic E-state index is 13.3. The number of imidazole rings is 1. The van der Waals surface area contributed by atoms with Gasteiger partial charge in [0.1, 0.15) is 11.5 Å². The van der Waals surface area contributed by atoms with Crippen molar-refractivity contribution in [2.24, 2.45) is 0 Å². The molecule has 0 saturated heterocycles. The van der Waals surface area contributed by atoms with Crippen molar-refractivity contribution in [3.63, 3.8) is 0 Å². The van der Waals surface area contributed by atoms with E-state index in [0.717, 1.165) is 6.29 Å². The molecule has 4 heteroatoms. The van der Waals surface area contributed by atoms with E-state index in [2.05, 4.69) is 4.98 Å². The standard InChI is InChI=1S/C12H11FN2O/c13-12-4-2-1-3-10(12)5-6-15-9-14-7-11(15)8-16/h1-4,7-9H,5-6H2. The van der Waals surface area contributed by atoms with Crippen LogP contribution in [0.15, 0.2) is 36.8 Å². The normalized spacial score (nSPS) is 10.3. The van der Waals surface area contributed by atoms with Gasteiger partial charge < -0.3 is 4.57 Å². The molecule has 2 aromatic rings. The van der Waals surface area contributed by atoms with Gasteiger partial charge in [0.05, 0.1) is 12.5 Å². The van der Waals surface area contributed by atoms with E-state index in [4.69, 9.17) is 0 Å². The predicted octanol–water partition coefficient (Wildman–Crippen LogP) is 2.08. The lowest BCUT2D eigenvalue weighted by Crippen LogP contribution is -2.04. The molecule has 0 aliphatic heterocycles. The zero-order chi connectivity index (χ0) is 11.4. The zero-order valence-corrected chi connectivity index (χ0v) is 8.64. The summed E-state index contributed by atoms with van der Waals surface area (Å²) in [6.07, 6.45) is 4.36. The summed E-state index contributed by atoms with van der Waals surface area (Å²) in [7, 11) is 0. The third-order valence-electron chi connectivity index (χ3n) is 2.45. The first-order chi connectivity index (χ1) is 7.81. The number of rotatable bonds is 4. The summed E-state index contributed by atoms with van der Waals surface area (Å²) in [6.45, 7) is 0.551. The van der Waals surface area contributed by atoms with Gasteiger partial charge in [-0.05, 0) is 18.1 Å². The Morgan fingerprint density at radius 2 is 2.19 bits per heavy atom. The summed E-state index contributed by atoms with van der Waals surface area (Å²) in [5.74, 6) is -0.213. The number of aromatic nitrogens is 2. The molecule has 16 heavy (non-hydrogen) atoms. The van der Waals surface area contributed by atoms with Crippen LogP contribution in [0.2, 0.25) is 0 Å². The van der Waals surface area contributed by atoms with Gasteiger partial charge >= 0.3 is 0 Å². The second-order valence-corrected chi connectivity index (χ2v) is 3.47. The first kappa shape index (κ1) is 10.5. The molecule has 1 aromatic carbocycles. The molecule has 0 aliphatic rings. The number of hydrogen-bond donors (Lipinski definition) is 0. The van der Waals surface area contributed by atoms with Crippen LogP contribution >= 0.6 is 0 Å². The summed E-state index contributed by atoms with van der Waals surface area (Å²) in [6, 6.07) is 6.64. The van der Waals surface area contributed by atoms with Gasteiger partial charge in [0.2, 0.25) is 0 Å². The lowest BCUT2D eigenvalue weighted by molar-refractivity contribution is 0.111. The molecule has 0 fully saturated rings. The van der Waals surface area contributed by atoms with Crippen LogP contribution in [-0.4, -0.2) is 15.8 Å². The van der Waals surface area contributed by atoms with Crippen molar-refractivity contribution in [3.8, 4) is 0 Å². The van der Waals surface area contributed by atoms with E-state index in [1.54, 1.807) is 29.1 Å². The number of aldehydes is 1. The van der Waals surface area contributed by atoms with Crippen LogP contribution < -0.4 is 0 Å². The van der Waals surface area contributed by atoms with Crippen LogP contribution in [0, 0.1) is 5.82 Å². The minimum Gasteiger partial charge on any atom is -0.328 e. The van der Waals surface area contributed by atoms with Crippen molar-refractivity contribution in [1.82, 2.24) is 9.55 Å². The number of aryl methyl sites for hydroxylation is 2. The Morgan fingerprint density at radius 3 is 2.94 bits per heavy atom. The molecule has 0 spiro atoms. The van der Waals surface area contributed by atoms with Crippen molar-refractivity contribution in [2.45, 2.75) is 13.0 Å². The Kier molecular flexibility index (Phi) is 3.10. The van der Waals surface area contributed by atoms with Crippen LogP contribution in [-0.2, 0) is 13.0 Å². The zero-order valence-electron chi connectivity index (χ0n) is 8.64. The maximum Gasteiger partial charge on any atom is 0.168 e. The second-order valence-electron chi connectivity index (χ2n) is 3.47. The van der Waals surface area contributed by atoms with Crippen molar-refractivity contribution >= 4 is 6.29 Å². The van der Waals surface area contributed by atoms with Crippen molar-refractivity contribution in [1.29, 1.82) is 0 Å². The van der Waals surface area contributed by atoms with Gasteiger partial charge in [0, 0.05) is 6.54 Å². The molecule has 0 saturated carbocycles. The van der Waals surface area contributed by atoms with Gasteiger partial charge in [-0.15, -0.1) is 0 Å². The van der Waals surface area contributed by atoms with Gasteiger partial charge in [-0.2, -0.15) is 0 Å². The molecule has 0 N–H and O–H groups in total. The Morgan fingerprint density at radius 1 is 1.38 bits per heavy atom. The molecule has 0 radical (unpaired) electrons. The second kappa shape index (κ2) is 4.70. The quantitative estimate of drug-likeness (QED) is 0.736. The molecule has 1 heterocycles. The maximum atomic E-state index is 13.3. The summed E-state index contributed by atoms with van der Waals surface area (Å²) in [5, 5.41) is 0. The van der Waals surface area contributed by atoms with Gasteiger partial charge in [-0.25, -0.2) is 9.37 Å². The van der Waals surface area contributed by atoms with E-state index < -0.39 is 0 Å². The molecule has 0 bridgehead atoms. The minimum atomic E-state index is -0.213. The molecule has 0 aliphatic carbocycles. The highest BCUT2D eigenvalue weighted by Gasteiger charge is 2.03. The first-order valence-electron chi connectivity index (χ1n) is 5.00. The lowest BCUT2D eigenvalue weighted by Gasteiger charge is -2.05. The van der Waals surface area contributed by atoms with Crippen molar-refractivity contribution in [2.75, 3.05) is 0 Å². The number of nitrogens with zero attached hydrogens (tertiary/aromatic N) is 2. The van der Waals surface area contributed by atoms with Gasteiger partial charge in [0.15, 0.2) is 6.29 Å². The number of halogens is 1. The van der Waals surface area contributed by atoms with Crippen molar-refractivity contribution < 1.29 is 9.18 Å². The van der Waals surface area contributed by atoms with E-state index >= 15 is 0 Å². The van der Waals surface area contributed by atoms with E-state index in [1.807, 2.05) is 0 Å². The minimum absolute atomic E-state index is 0.213. The number of carbonyl (C=O) groups excluding carboxylic acids is 1. The predicted molar refractivity (Wildman–Crippen MR) is 57.7 cm³/mol. The van der Waals surface area contributed by atoms with E-state index in [-0.39, 0.29) is 5.82 Å². The van der Waals surface area contributed by atoms with Crippen LogP contribution in [0.1, 0.15) is 16.1 Å². The van der Waals surface area contributed by atoms with E-state index in [0.29, 0.717) is 24.2 Å². The highest BCUT2D eigenvalue weighted by Crippen LogP contribution is 2.08. The summed E-state index contributed by atoms with van der Waals surface area (Å²) in [4.78, 5) is 14.5. The van der Waals surface area contributed by atoms with Gasteiger partial charge in [0.25, 0.3) is 0 Å². The summed E-state index contributed by atoms with van der Waals surface area (Å²) in [5.41, 5.74) is 1.16. The fourth-order valence-electron chi connectivity index (χ4n) is 1.56. The monoisotopic (exact) mass is 218 g/mol. The Balaban J connectivity index is 2.08. The molecule has 2 rings (SSSR count). The molecular weight excluding hydrogens is 207 g/mol. The third kappa shape index (κ3) is 2.16. The molecule has 0 unspecified atom stereocenters. The topological polar surface area (TPSA) is 34.9 Å². The third-order valence-corrected chi connectivity index (χ3v) is 2.45. The highest BCUT2D eigenvalue weighted by atomic mass is 19.1. The van der Waals surface area contributed by atoms with Crippen LogP contribution in [0.4, 0.5) is 4.39 Å². The largest absolute Gasteiger partial charge is 0.328 e. The average molecular weight is 218 g/mol. The molecule has 1 aromatic heterocycles. The van der Waals surface area contributed by atoms with E-state index in [9.17, 15) is 9.18 Å². The molecular formula is C12H11FN2O. The number of hydrogen-bond acceptors (Lipinski definition) is 2. The average Bonchev–Trinajstić information content (AvgIpc) is 2.75. The Hall–Kier alpha value is -1.97. The Bertz CT molecular complexity index is 493. The molecule has 0 atom stereocenters. The van der Waals surface area contributed by atoms with Crippen LogP contribution in [0.3, 0.4) is 0 Å². The van der Waals surface area contributed by atoms with Crippen LogP contribution in [0.25, 0.3) is 0 Å². The Labute approximate surface area is 92.5 Å². The number of carbonyl (C=O) groups is 1. The number of benzene rings is 1. The fourth-order valence-corrected chi connectivity index (χ4v) is 1.56. The SMILES string of the molecule is O=Cc1cncn1CCc1ccccc1F. The van der Waals surface area contributed by atoms with E-state index in [1.165, 1.54) is 12.3 Å². The first-order valence-corrected chi connectivity index (χ1v) is 5.00. The highest BCUT2D eigenvalue weighted by molar-refractivity contribution is 5.71. The summed E-state index contributed by atoms with van der Waals surface area (Å²) >= 11 is 0. The summed E-state index contributed by atoms with van der Waals surface area (Å²) < 4.78 is 15.0. The smallest absolute Gasteiger partial charge is 0.168 e. The fraction of sp³-hybridized carbons (Fsp3) is 0.167. The molecule has 82 valence electrons. The van der Waals surface area contributed by atoms with Gasteiger partial charge in [-0.3, -0.25) is 4.79 Å². The lowest BCUT2D eigenvalue weighted by atomic mass is 10.1. The van der Waals surface area contributed by atoms with Gasteiger partial charge in [-0.1, -0.05) is 18.2 Å². The van der Waals surface area contributed by atoms with Crippen LogP contribution in [0.5, 0.6) is 0 Å². The molecule has 3 nitrogen and oxygen atoms in total.